The Bertz CT molecular complexity index is 181. The average Bonchev–Trinajstić information content (AvgIpc) is 2.31. The Morgan fingerprint density at radius 1 is 0.688 bits per heavy atom. The van der Waals surface area contributed by atoms with Crippen molar-refractivity contribution in [1.29, 1.82) is 0 Å². The molecule has 0 aliphatic heterocycles. The lowest BCUT2D eigenvalue weighted by Gasteiger charge is -2.00. The molecule has 0 spiro atoms. The van der Waals surface area contributed by atoms with E-state index in [0.717, 1.165) is 13.1 Å². The van der Waals surface area contributed by atoms with Crippen molar-refractivity contribution in [2.24, 2.45) is 9.98 Å². The summed E-state index contributed by atoms with van der Waals surface area (Å²) in [5, 5.41) is 0. The van der Waals surface area contributed by atoms with E-state index in [9.17, 15) is 0 Å². The van der Waals surface area contributed by atoms with Crippen molar-refractivity contribution in [3.05, 3.63) is 0 Å². The molecule has 0 fully saturated rings. The first kappa shape index (κ1) is 15.4. The fraction of sp³-hybridized carbons (Fsp3) is 0.929. The number of aliphatic imine (C=N–C) groups is 2. The first-order valence-electron chi connectivity index (χ1n) is 6.99. The van der Waals surface area contributed by atoms with Crippen LogP contribution in [0.2, 0.25) is 0 Å². The summed E-state index contributed by atoms with van der Waals surface area (Å²) < 4.78 is 0. The van der Waals surface area contributed by atoms with Crippen molar-refractivity contribution in [3.63, 3.8) is 0 Å². The molecule has 16 heavy (non-hydrogen) atoms. The van der Waals surface area contributed by atoms with Crippen molar-refractivity contribution in [2.75, 3.05) is 13.1 Å². The van der Waals surface area contributed by atoms with Gasteiger partial charge >= 0.3 is 0 Å². The summed E-state index contributed by atoms with van der Waals surface area (Å²) in [4.78, 5) is 8.03. The minimum absolute atomic E-state index is 0.793. The summed E-state index contributed by atoms with van der Waals surface area (Å²) in [6.45, 7) is 5.96. The van der Waals surface area contributed by atoms with E-state index in [2.05, 4.69) is 22.9 Å². The van der Waals surface area contributed by atoms with Gasteiger partial charge in [-0.1, -0.05) is 58.3 Å². The number of rotatable bonds is 11. The quantitative estimate of drug-likeness (QED) is 0.358. The molecule has 2 heteroatoms. The zero-order chi connectivity index (χ0) is 11.9. The van der Waals surface area contributed by atoms with Crippen LogP contribution in [0, 0.1) is 0 Å². The number of nitrogens with zero attached hydrogens (tertiary/aromatic N) is 2. The predicted molar refractivity (Wildman–Crippen MR) is 72.5 cm³/mol. The number of unbranched alkanes of at least 4 members (excludes halogenated alkanes) is 8. The second-order valence-electron chi connectivity index (χ2n) is 4.28. The topological polar surface area (TPSA) is 24.7 Å². The molecule has 0 aromatic carbocycles. The Balaban J connectivity index is 3.01. The SMILES string of the molecule is CCCCCCCCCCCN=C=NCC. The van der Waals surface area contributed by atoms with Crippen LogP contribution in [0.1, 0.15) is 71.6 Å². The van der Waals surface area contributed by atoms with Gasteiger partial charge in [-0.15, -0.1) is 0 Å². The molecule has 0 saturated carbocycles. The molecule has 0 unspecified atom stereocenters. The zero-order valence-corrected chi connectivity index (χ0v) is 11.2. The van der Waals surface area contributed by atoms with E-state index in [0.29, 0.717) is 0 Å². The van der Waals surface area contributed by atoms with Crippen molar-refractivity contribution in [3.8, 4) is 0 Å². The molecule has 0 aliphatic rings. The van der Waals surface area contributed by atoms with Crippen LogP contribution in [-0.4, -0.2) is 19.1 Å². The van der Waals surface area contributed by atoms with Gasteiger partial charge in [-0.25, -0.2) is 9.98 Å². The summed E-state index contributed by atoms with van der Waals surface area (Å²) in [6.07, 6.45) is 12.3. The van der Waals surface area contributed by atoms with E-state index in [-0.39, 0.29) is 0 Å². The molecule has 0 bridgehead atoms. The molecule has 0 heterocycles. The minimum Gasteiger partial charge on any atom is -0.226 e. The van der Waals surface area contributed by atoms with E-state index < -0.39 is 0 Å². The van der Waals surface area contributed by atoms with E-state index in [4.69, 9.17) is 0 Å². The van der Waals surface area contributed by atoms with Gasteiger partial charge in [0.25, 0.3) is 0 Å². The number of hydrogen-bond acceptors (Lipinski definition) is 2. The van der Waals surface area contributed by atoms with Gasteiger partial charge in [0.05, 0.1) is 6.01 Å². The van der Waals surface area contributed by atoms with Crippen LogP contribution in [0.25, 0.3) is 0 Å². The standard InChI is InChI=1S/C14H28N2/c1-3-5-6-7-8-9-10-11-12-13-16-14-15-4-2/h3-13H2,1-2H3. The summed E-state index contributed by atoms with van der Waals surface area (Å²) >= 11 is 0. The van der Waals surface area contributed by atoms with Crippen LogP contribution in [0.3, 0.4) is 0 Å². The number of hydrogen-bond donors (Lipinski definition) is 0. The van der Waals surface area contributed by atoms with Gasteiger partial charge in [0.2, 0.25) is 0 Å². The third kappa shape index (κ3) is 13.4. The van der Waals surface area contributed by atoms with E-state index in [1.165, 1.54) is 57.8 Å². The Hall–Kier alpha value is -0.620. The second-order valence-corrected chi connectivity index (χ2v) is 4.28. The van der Waals surface area contributed by atoms with Gasteiger partial charge in [-0.3, -0.25) is 0 Å². The van der Waals surface area contributed by atoms with E-state index >= 15 is 0 Å². The van der Waals surface area contributed by atoms with Crippen molar-refractivity contribution >= 4 is 6.01 Å². The lowest BCUT2D eigenvalue weighted by atomic mass is 10.1. The highest BCUT2D eigenvalue weighted by Gasteiger charge is 1.91. The highest BCUT2D eigenvalue weighted by atomic mass is 14.8. The fourth-order valence-corrected chi connectivity index (χ4v) is 1.67. The molecule has 0 amide bonds. The molecule has 0 saturated heterocycles. The molecular weight excluding hydrogens is 196 g/mol. The van der Waals surface area contributed by atoms with Gasteiger partial charge in [0, 0.05) is 13.1 Å². The molecule has 94 valence electrons. The van der Waals surface area contributed by atoms with Crippen LogP contribution < -0.4 is 0 Å². The molecule has 0 aromatic rings. The maximum absolute atomic E-state index is 4.10. The largest absolute Gasteiger partial charge is 0.226 e. The van der Waals surface area contributed by atoms with Gasteiger partial charge in [-0.05, 0) is 13.3 Å². The molecule has 0 aliphatic carbocycles. The monoisotopic (exact) mass is 224 g/mol. The molecule has 2 nitrogen and oxygen atoms in total. The fourth-order valence-electron chi connectivity index (χ4n) is 1.67. The molecular formula is C14H28N2. The molecule has 0 radical (unpaired) electrons. The predicted octanol–water partition coefficient (Wildman–Crippen LogP) is 4.71. The Morgan fingerprint density at radius 3 is 1.81 bits per heavy atom. The minimum atomic E-state index is 0.793. The average molecular weight is 224 g/mol. The summed E-state index contributed by atoms with van der Waals surface area (Å²) in [6, 6.07) is 2.71. The van der Waals surface area contributed by atoms with Gasteiger partial charge in [-0.2, -0.15) is 0 Å². The third-order valence-corrected chi connectivity index (χ3v) is 2.67. The second kappa shape index (κ2) is 14.4. The summed E-state index contributed by atoms with van der Waals surface area (Å²) in [5.41, 5.74) is 0. The van der Waals surface area contributed by atoms with Crippen molar-refractivity contribution < 1.29 is 0 Å². The van der Waals surface area contributed by atoms with E-state index in [1.807, 2.05) is 6.92 Å². The maximum Gasteiger partial charge on any atom is 0.0892 e. The normalized spacial score (nSPS) is 9.88. The Kier molecular flexibility index (Phi) is 13.8. The van der Waals surface area contributed by atoms with Crippen LogP contribution in [0.5, 0.6) is 0 Å². The third-order valence-electron chi connectivity index (χ3n) is 2.67. The first-order valence-corrected chi connectivity index (χ1v) is 6.99. The molecule has 0 atom stereocenters. The van der Waals surface area contributed by atoms with Crippen LogP contribution >= 0.6 is 0 Å². The summed E-state index contributed by atoms with van der Waals surface area (Å²) in [5.74, 6) is 0. The van der Waals surface area contributed by atoms with Gasteiger partial charge < -0.3 is 0 Å². The molecule has 0 N–H and O–H groups in total. The van der Waals surface area contributed by atoms with Crippen LogP contribution in [0.15, 0.2) is 9.98 Å². The van der Waals surface area contributed by atoms with Crippen LogP contribution in [0.4, 0.5) is 0 Å². The summed E-state index contributed by atoms with van der Waals surface area (Å²) in [7, 11) is 0. The molecule has 0 rings (SSSR count). The van der Waals surface area contributed by atoms with Crippen molar-refractivity contribution in [1.82, 2.24) is 0 Å². The highest BCUT2D eigenvalue weighted by molar-refractivity contribution is 5.40. The van der Waals surface area contributed by atoms with Crippen molar-refractivity contribution in [2.45, 2.75) is 71.6 Å². The lowest BCUT2D eigenvalue weighted by Crippen LogP contribution is -1.83. The molecule has 0 aromatic heterocycles. The zero-order valence-electron chi connectivity index (χ0n) is 11.2. The Labute approximate surface area is 101 Å². The van der Waals surface area contributed by atoms with E-state index in [1.54, 1.807) is 0 Å². The smallest absolute Gasteiger partial charge is 0.0892 e. The van der Waals surface area contributed by atoms with Gasteiger partial charge in [0.15, 0.2) is 0 Å². The van der Waals surface area contributed by atoms with Gasteiger partial charge in [0.1, 0.15) is 0 Å². The maximum atomic E-state index is 4.10. The lowest BCUT2D eigenvalue weighted by molar-refractivity contribution is 0.567. The Morgan fingerprint density at radius 2 is 1.25 bits per heavy atom. The van der Waals surface area contributed by atoms with Crippen LogP contribution in [-0.2, 0) is 0 Å². The highest BCUT2D eigenvalue weighted by Crippen LogP contribution is 2.09. The first-order chi connectivity index (χ1) is 7.91.